The topological polar surface area (TPSA) is 12.5 Å². The van der Waals surface area contributed by atoms with Crippen molar-refractivity contribution >= 4 is 0 Å². The Hall–Kier alpha value is -0.0800. The van der Waals surface area contributed by atoms with E-state index in [2.05, 4.69) is 46.4 Å². The zero-order valence-electron chi connectivity index (χ0n) is 11.2. The predicted molar refractivity (Wildman–Crippen MR) is 65.0 cm³/mol. The maximum absolute atomic E-state index is 5.76. The molecule has 1 heterocycles. The van der Waals surface area contributed by atoms with Crippen LogP contribution >= 0.6 is 0 Å². The van der Waals surface area contributed by atoms with E-state index in [4.69, 9.17) is 4.74 Å². The number of morpholine rings is 1. The Balaban J connectivity index is 2.80. The molecule has 2 heteroatoms. The molecule has 0 radical (unpaired) electrons. The Kier molecular flexibility index (Phi) is 4.60. The summed E-state index contributed by atoms with van der Waals surface area (Å²) in [6.45, 7) is 15.6. The third-order valence-electron chi connectivity index (χ3n) is 3.48. The minimum atomic E-state index is 0.589. The van der Waals surface area contributed by atoms with Crippen molar-refractivity contribution in [2.24, 2.45) is 11.8 Å². The largest absolute Gasteiger partial charge is 0.378 e. The van der Waals surface area contributed by atoms with Gasteiger partial charge in [-0.2, -0.15) is 0 Å². The first-order valence-corrected chi connectivity index (χ1v) is 6.30. The van der Waals surface area contributed by atoms with Gasteiger partial charge in [-0.05, 0) is 25.7 Å². The Morgan fingerprint density at radius 1 is 0.867 bits per heavy atom. The number of ether oxygens (including phenoxy) is 1. The molecule has 0 amide bonds. The van der Waals surface area contributed by atoms with Crippen LogP contribution in [0.3, 0.4) is 0 Å². The molecule has 1 fully saturated rings. The number of nitrogens with zero attached hydrogens (tertiary/aromatic N) is 1. The molecule has 0 aromatic rings. The third-order valence-corrected chi connectivity index (χ3v) is 3.48. The van der Waals surface area contributed by atoms with Gasteiger partial charge in [0.05, 0.1) is 13.2 Å². The molecule has 0 aromatic heterocycles. The summed E-state index contributed by atoms with van der Waals surface area (Å²) < 4.78 is 5.76. The molecule has 2 unspecified atom stereocenters. The van der Waals surface area contributed by atoms with Crippen LogP contribution in [0.1, 0.15) is 41.5 Å². The van der Waals surface area contributed by atoms with E-state index in [1.807, 2.05) is 0 Å². The van der Waals surface area contributed by atoms with Gasteiger partial charge in [0.15, 0.2) is 0 Å². The summed E-state index contributed by atoms with van der Waals surface area (Å²) >= 11 is 0. The lowest BCUT2D eigenvalue weighted by Crippen LogP contribution is -2.58. The minimum Gasteiger partial charge on any atom is -0.378 e. The summed E-state index contributed by atoms with van der Waals surface area (Å²) in [4.78, 5) is 2.67. The monoisotopic (exact) mass is 213 g/mol. The van der Waals surface area contributed by atoms with Gasteiger partial charge in [0.25, 0.3) is 0 Å². The summed E-state index contributed by atoms with van der Waals surface area (Å²) in [5.74, 6) is 1.35. The Labute approximate surface area is 95.0 Å². The predicted octanol–water partition coefficient (Wildman–Crippen LogP) is 2.78. The van der Waals surface area contributed by atoms with Crippen LogP contribution in [0.2, 0.25) is 0 Å². The molecule has 0 saturated carbocycles. The van der Waals surface area contributed by atoms with Gasteiger partial charge in [-0.3, -0.25) is 4.90 Å². The van der Waals surface area contributed by atoms with E-state index in [1.165, 1.54) is 0 Å². The van der Waals surface area contributed by atoms with E-state index in [9.17, 15) is 0 Å². The molecule has 15 heavy (non-hydrogen) atoms. The van der Waals surface area contributed by atoms with Crippen molar-refractivity contribution < 1.29 is 4.74 Å². The third kappa shape index (κ3) is 2.94. The van der Waals surface area contributed by atoms with Gasteiger partial charge in [0, 0.05) is 18.1 Å². The van der Waals surface area contributed by atoms with E-state index in [1.54, 1.807) is 0 Å². The molecule has 2 nitrogen and oxygen atoms in total. The molecule has 2 atom stereocenters. The molecular formula is C13H27NO. The molecular weight excluding hydrogens is 186 g/mol. The van der Waals surface area contributed by atoms with Crippen molar-refractivity contribution in [3.63, 3.8) is 0 Å². The first-order valence-electron chi connectivity index (χ1n) is 6.30. The Morgan fingerprint density at radius 3 is 1.53 bits per heavy atom. The van der Waals surface area contributed by atoms with Crippen molar-refractivity contribution in [2.45, 2.75) is 59.7 Å². The lowest BCUT2D eigenvalue weighted by molar-refractivity contribution is -0.0919. The van der Waals surface area contributed by atoms with Gasteiger partial charge in [0.2, 0.25) is 0 Å². The van der Waals surface area contributed by atoms with Crippen LogP contribution in [-0.2, 0) is 4.74 Å². The van der Waals surface area contributed by atoms with Gasteiger partial charge >= 0.3 is 0 Å². The number of hydrogen-bond acceptors (Lipinski definition) is 2. The van der Waals surface area contributed by atoms with Crippen LogP contribution in [0.5, 0.6) is 0 Å². The van der Waals surface area contributed by atoms with Crippen molar-refractivity contribution in [1.29, 1.82) is 0 Å². The zero-order chi connectivity index (χ0) is 11.6. The second-order valence-electron chi connectivity index (χ2n) is 5.70. The van der Waals surface area contributed by atoms with Crippen LogP contribution in [-0.4, -0.2) is 36.2 Å². The number of rotatable bonds is 3. The van der Waals surface area contributed by atoms with Gasteiger partial charge in [-0.25, -0.2) is 0 Å². The summed E-state index contributed by atoms with van der Waals surface area (Å²) in [5.41, 5.74) is 0. The Bertz CT molecular complexity index is 173. The van der Waals surface area contributed by atoms with Crippen molar-refractivity contribution in [1.82, 2.24) is 4.90 Å². The highest BCUT2D eigenvalue weighted by Crippen LogP contribution is 2.26. The molecule has 0 N–H and O–H groups in total. The quantitative estimate of drug-likeness (QED) is 0.715. The van der Waals surface area contributed by atoms with Gasteiger partial charge < -0.3 is 4.74 Å². The highest BCUT2D eigenvalue weighted by atomic mass is 16.5. The second-order valence-corrected chi connectivity index (χ2v) is 5.70. The standard InChI is InChI=1S/C13H27NO/c1-9(2)12-7-15-8-13(10(3)4)14(12)11(5)6/h9-13H,7-8H2,1-6H3. The average Bonchev–Trinajstić information content (AvgIpc) is 2.16. The van der Waals surface area contributed by atoms with Crippen molar-refractivity contribution in [3.05, 3.63) is 0 Å². The summed E-state index contributed by atoms with van der Waals surface area (Å²) in [7, 11) is 0. The van der Waals surface area contributed by atoms with Gasteiger partial charge in [0.1, 0.15) is 0 Å². The van der Waals surface area contributed by atoms with Crippen LogP contribution in [0, 0.1) is 11.8 Å². The highest BCUT2D eigenvalue weighted by molar-refractivity contribution is 4.88. The van der Waals surface area contributed by atoms with Crippen LogP contribution < -0.4 is 0 Å². The van der Waals surface area contributed by atoms with Crippen LogP contribution in [0.4, 0.5) is 0 Å². The summed E-state index contributed by atoms with van der Waals surface area (Å²) in [6.07, 6.45) is 0. The molecule has 90 valence electrons. The number of hydrogen-bond donors (Lipinski definition) is 0. The zero-order valence-corrected chi connectivity index (χ0v) is 11.2. The molecule has 1 aliphatic heterocycles. The lowest BCUT2D eigenvalue weighted by Gasteiger charge is -2.47. The molecule has 0 bridgehead atoms. The van der Waals surface area contributed by atoms with E-state index in [0.29, 0.717) is 30.0 Å². The average molecular weight is 213 g/mol. The van der Waals surface area contributed by atoms with E-state index < -0.39 is 0 Å². The van der Waals surface area contributed by atoms with E-state index in [0.717, 1.165) is 13.2 Å². The maximum Gasteiger partial charge on any atom is 0.0625 e. The van der Waals surface area contributed by atoms with E-state index in [-0.39, 0.29) is 0 Å². The summed E-state index contributed by atoms with van der Waals surface area (Å²) in [6, 6.07) is 1.80. The van der Waals surface area contributed by atoms with E-state index >= 15 is 0 Å². The van der Waals surface area contributed by atoms with Gasteiger partial charge in [-0.1, -0.05) is 27.7 Å². The molecule has 1 aliphatic rings. The molecule has 0 aromatic carbocycles. The van der Waals surface area contributed by atoms with Gasteiger partial charge in [-0.15, -0.1) is 0 Å². The SMILES string of the molecule is CC(C)C1COCC(C(C)C)N1C(C)C. The maximum atomic E-state index is 5.76. The smallest absolute Gasteiger partial charge is 0.0625 e. The molecule has 1 saturated heterocycles. The first kappa shape index (κ1) is 13.0. The molecule has 0 spiro atoms. The highest BCUT2D eigenvalue weighted by Gasteiger charge is 2.35. The Morgan fingerprint density at radius 2 is 1.27 bits per heavy atom. The van der Waals surface area contributed by atoms with Crippen LogP contribution in [0.25, 0.3) is 0 Å². The second kappa shape index (κ2) is 5.31. The van der Waals surface area contributed by atoms with Crippen molar-refractivity contribution in [3.8, 4) is 0 Å². The minimum absolute atomic E-state index is 0.589. The fraction of sp³-hybridized carbons (Fsp3) is 1.00. The molecule has 0 aliphatic carbocycles. The molecule has 1 rings (SSSR count). The lowest BCUT2D eigenvalue weighted by atomic mass is 9.93. The fourth-order valence-corrected chi connectivity index (χ4v) is 2.57. The van der Waals surface area contributed by atoms with Crippen LogP contribution in [0.15, 0.2) is 0 Å². The first-order chi connectivity index (χ1) is 6.95. The normalized spacial score (nSPS) is 29.4. The fourth-order valence-electron chi connectivity index (χ4n) is 2.57. The van der Waals surface area contributed by atoms with Crippen molar-refractivity contribution in [2.75, 3.05) is 13.2 Å². The summed E-state index contributed by atoms with van der Waals surface area (Å²) in [5, 5.41) is 0.